The largest absolute Gasteiger partial charge is 0.411 e. The molecule has 1 unspecified atom stereocenters. The molecule has 1 rings (SSSR count). The second-order valence-electron chi connectivity index (χ2n) is 3.84. The topological polar surface area (TPSA) is 47.3 Å². The highest BCUT2D eigenvalue weighted by Gasteiger charge is 2.27. The van der Waals surface area contributed by atoms with Crippen molar-refractivity contribution in [1.82, 2.24) is 5.43 Å². The zero-order chi connectivity index (χ0) is 14.5. The molecule has 0 aliphatic carbocycles. The minimum absolute atomic E-state index is 0.102. The summed E-state index contributed by atoms with van der Waals surface area (Å²) in [6.07, 6.45) is -4.28. The van der Waals surface area contributed by atoms with E-state index in [2.05, 4.69) is 10.2 Å². The van der Waals surface area contributed by atoms with E-state index in [0.29, 0.717) is 0 Å². The lowest BCUT2D eigenvalue weighted by Gasteiger charge is -2.17. The average Bonchev–Trinajstić information content (AvgIpc) is 2.29. The van der Waals surface area contributed by atoms with E-state index in [9.17, 15) is 17.6 Å². The third-order valence-electron chi connectivity index (χ3n) is 2.36. The second kappa shape index (κ2) is 7.04. The summed E-state index contributed by atoms with van der Waals surface area (Å²) in [5.41, 5.74) is 2.56. The van der Waals surface area contributed by atoms with Gasteiger partial charge in [-0.2, -0.15) is 13.2 Å². The standard InChI is InChI=1S/C11H13ClF4N2O/c12-7-1-2-8(9(13)5-7)10(18-17)3-4-19-6-11(14,15)16/h1-2,5,10,18H,3-4,6,17H2. The molecule has 1 aromatic rings. The zero-order valence-corrected chi connectivity index (χ0v) is 10.6. The Labute approximate surface area is 112 Å². The van der Waals surface area contributed by atoms with E-state index in [1.165, 1.54) is 12.1 Å². The Hall–Kier alpha value is -0.890. The molecule has 0 aliphatic heterocycles. The molecule has 0 amide bonds. The third-order valence-corrected chi connectivity index (χ3v) is 2.59. The fourth-order valence-electron chi connectivity index (χ4n) is 1.50. The Morgan fingerprint density at radius 3 is 2.58 bits per heavy atom. The van der Waals surface area contributed by atoms with Gasteiger partial charge in [0.1, 0.15) is 12.4 Å². The van der Waals surface area contributed by atoms with Crippen molar-refractivity contribution >= 4 is 11.6 Å². The molecule has 0 spiro atoms. The number of ether oxygens (including phenoxy) is 1. The highest BCUT2D eigenvalue weighted by molar-refractivity contribution is 6.30. The zero-order valence-electron chi connectivity index (χ0n) is 9.81. The van der Waals surface area contributed by atoms with Gasteiger partial charge in [0.15, 0.2) is 0 Å². The summed E-state index contributed by atoms with van der Waals surface area (Å²) in [7, 11) is 0. The number of benzene rings is 1. The first-order valence-electron chi connectivity index (χ1n) is 5.39. The van der Waals surface area contributed by atoms with Crippen molar-refractivity contribution in [1.29, 1.82) is 0 Å². The summed E-state index contributed by atoms with van der Waals surface area (Å²) in [4.78, 5) is 0. The summed E-state index contributed by atoms with van der Waals surface area (Å²) in [5.74, 6) is 4.67. The van der Waals surface area contributed by atoms with Crippen LogP contribution >= 0.6 is 11.6 Å². The Bertz CT molecular complexity index is 414. The Kier molecular flexibility index (Phi) is 5.99. The first kappa shape index (κ1) is 16.2. The summed E-state index contributed by atoms with van der Waals surface area (Å²) < 4.78 is 53.6. The number of hydrogen-bond donors (Lipinski definition) is 2. The van der Waals surface area contributed by atoms with Gasteiger partial charge < -0.3 is 4.74 Å². The number of hydrazine groups is 1. The molecule has 0 aliphatic rings. The fraction of sp³-hybridized carbons (Fsp3) is 0.455. The van der Waals surface area contributed by atoms with Crippen molar-refractivity contribution < 1.29 is 22.3 Å². The van der Waals surface area contributed by atoms with Crippen LogP contribution in [-0.2, 0) is 4.74 Å². The van der Waals surface area contributed by atoms with Crippen LogP contribution in [0, 0.1) is 5.82 Å². The van der Waals surface area contributed by atoms with E-state index in [1.54, 1.807) is 0 Å². The van der Waals surface area contributed by atoms with Crippen molar-refractivity contribution in [2.24, 2.45) is 5.84 Å². The lowest BCUT2D eigenvalue weighted by molar-refractivity contribution is -0.174. The Morgan fingerprint density at radius 1 is 1.37 bits per heavy atom. The summed E-state index contributed by atoms with van der Waals surface area (Å²) in [6, 6.07) is 3.36. The maximum absolute atomic E-state index is 13.6. The molecule has 3 nitrogen and oxygen atoms in total. The number of alkyl halides is 3. The van der Waals surface area contributed by atoms with E-state index in [0.717, 1.165) is 6.07 Å². The van der Waals surface area contributed by atoms with Gasteiger partial charge in [-0.1, -0.05) is 17.7 Å². The minimum Gasteiger partial charge on any atom is -0.372 e. The number of hydrogen-bond acceptors (Lipinski definition) is 3. The third kappa shape index (κ3) is 5.73. The van der Waals surface area contributed by atoms with Crippen molar-refractivity contribution in [3.05, 3.63) is 34.6 Å². The average molecular weight is 301 g/mol. The molecule has 8 heteroatoms. The highest BCUT2D eigenvalue weighted by Crippen LogP contribution is 2.23. The van der Waals surface area contributed by atoms with E-state index in [1.807, 2.05) is 0 Å². The maximum Gasteiger partial charge on any atom is 0.411 e. The summed E-state index contributed by atoms with van der Waals surface area (Å²) >= 11 is 5.60. The monoisotopic (exact) mass is 300 g/mol. The molecular weight excluding hydrogens is 288 g/mol. The quantitative estimate of drug-likeness (QED) is 0.367. The van der Waals surface area contributed by atoms with Crippen molar-refractivity contribution in [2.45, 2.75) is 18.6 Å². The summed E-state index contributed by atoms with van der Waals surface area (Å²) in [5, 5.41) is 0.227. The molecule has 0 radical (unpaired) electrons. The fourth-order valence-corrected chi connectivity index (χ4v) is 1.66. The van der Waals surface area contributed by atoms with Gasteiger partial charge in [-0.15, -0.1) is 0 Å². The molecule has 0 saturated heterocycles. The van der Waals surface area contributed by atoms with Crippen LogP contribution in [0.25, 0.3) is 0 Å². The predicted molar refractivity (Wildman–Crippen MR) is 63.0 cm³/mol. The van der Waals surface area contributed by atoms with Crippen LogP contribution in [0.5, 0.6) is 0 Å². The van der Waals surface area contributed by atoms with Crippen LogP contribution in [-0.4, -0.2) is 19.4 Å². The van der Waals surface area contributed by atoms with Crippen molar-refractivity contribution in [2.75, 3.05) is 13.2 Å². The Morgan fingerprint density at radius 2 is 2.05 bits per heavy atom. The van der Waals surface area contributed by atoms with Crippen molar-refractivity contribution in [3.8, 4) is 0 Å². The van der Waals surface area contributed by atoms with Gasteiger partial charge in [0.2, 0.25) is 0 Å². The molecule has 108 valence electrons. The number of nitrogens with one attached hydrogen (secondary N) is 1. The molecular formula is C11H13ClF4N2O. The van der Waals surface area contributed by atoms with Crippen LogP contribution in [0.3, 0.4) is 0 Å². The smallest absolute Gasteiger partial charge is 0.372 e. The van der Waals surface area contributed by atoms with Crippen LogP contribution in [0.2, 0.25) is 5.02 Å². The van der Waals surface area contributed by atoms with Crippen LogP contribution < -0.4 is 11.3 Å². The van der Waals surface area contributed by atoms with E-state index < -0.39 is 24.6 Å². The summed E-state index contributed by atoms with van der Waals surface area (Å²) in [6.45, 7) is -1.54. The predicted octanol–water partition coefficient (Wildman–Crippen LogP) is 2.95. The molecule has 0 heterocycles. The van der Waals surface area contributed by atoms with Gasteiger partial charge in [0.05, 0.1) is 6.04 Å². The molecule has 19 heavy (non-hydrogen) atoms. The molecule has 1 atom stereocenters. The Balaban J connectivity index is 2.54. The van der Waals surface area contributed by atoms with Gasteiger partial charge in [-0.05, 0) is 18.6 Å². The SMILES string of the molecule is NNC(CCOCC(F)(F)F)c1ccc(Cl)cc1F. The van der Waals surface area contributed by atoms with Crippen LogP contribution in [0.15, 0.2) is 18.2 Å². The first-order chi connectivity index (χ1) is 8.83. The second-order valence-corrected chi connectivity index (χ2v) is 4.28. The van der Waals surface area contributed by atoms with Crippen molar-refractivity contribution in [3.63, 3.8) is 0 Å². The number of rotatable bonds is 6. The molecule has 0 fully saturated rings. The number of halogens is 5. The lowest BCUT2D eigenvalue weighted by Crippen LogP contribution is -2.30. The normalized spacial score (nSPS) is 13.6. The molecule has 1 aromatic carbocycles. The molecule has 3 N–H and O–H groups in total. The molecule has 0 bridgehead atoms. The molecule has 0 saturated carbocycles. The molecule has 0 aromatic heterocycles. The minimum atomic E-state index is -4.38. The van der Waals surface area contributed by atoms with E-state index >= 15 is 0 Å². The van der Waals surface area contributed by atoms with E-state index in [-0.39, 0.29) is 23.6 Å². The maximum atomic E-state index is 13.6. The van der Waals surface area contributed by atoms with Crippen LogP contribution in [0.4, 0.5) is 17.6 Å². The highest BCUT2D eigenvalue weighted by atomic mass is 35.5. The lowest BCUT2D eigenvalue weighted by atomic mass is 10.0. The van der Waals surface area contributed by atoms with Gasteiger partial charge in [0.25, 0.3) is 0 Å². The van der Waals surface area contributed by atoms with Gasteiger partial charge in [-0.25, -0.2) is 4.39 Å². The van der Waals surface area contributed by atoms with E-state index in [4.69, 9.17) is 17.4 Å². The van der Waals surface area contributed by atoms with Gasteiger partial charge in [0, 0.05) is 17.2 Å². The number of nitrogens with two attached hydrogens (primary N) is 1. The van der Waals surface area contributed by atoms with Gasteiger partial charge in [-0.3, -0.25) is 11.3 Å². The first-order valence-corrected chi connectivity index (χ1v) is 5.77. The van der Waals surface area contributed by atoms with Gasteiger partial charge >= 0.3 is 6.18 Å². The van der Waals surface area contributed by atoms with Crippen LogP contribution in [0.1, 0.15) is 18.0 Å².